The van der Waals surface area contributed by atoms with E-state index in [1.807, 2.05) is 12.4 Å². The minimum Gasteiger partial charge on any atom is -0.303 e. The number of aromatic nitrogens is 4. The van der Waals surface area contributed by atoms with Gasteiger partial charge in [-0.05, 0) is 53.2 Å². The molecule has 2 aliphatic carbocycles. The first-order valence-electron chi connectivity index (χ1n) is 6.98. The molecule has 0 radical (unpaired) electrons. The third-order valence-corrected chi connectivity index (χ3v) is 5.12. The van der Waals surface area contributed by atoms with Crippen LogP contribution in [0, 0.1) is 0 Å². The molecule has 0 aliphatic heterocycles. The number of thioether (sulfide) groups is 1. The highest BCUT2D eigenvalue weighted by atomic mass is 79.9. The largest absolute Gasteiger partial charge is 0.303 e. The van der Waals surface area contributed by atoms with Crippen LogP contribution in [0.5, 0.6) is 0 Å². The van der Waals surface area contributed by atoms with E-state index in [9.17, 15) is 0 Å². The first kappa shape index (κ1) is 12.8. The zero-order valence-corrected chi connectivity index (χ0v) is 13.4. The third kappa shape index (κ3) is 2.63. The van der Waals surface area contributed by atoms with Crippen LogP contribution in [-0.4, -0.2) is 19.7 Å². The fourth-order valence-electron chi connectivity index (χ4n) is 2.37. The summed E-state index contributed by atoms with van der Waals surface area (Å²) in [6.07, 6.45) is 8.85. The van der Waals surface area contributed by atoms with Crippen LogP contribution in [0.1, 0.15) is 49.0 Å². The summed E-state index contributed by atoms with van der Waals surface area (Å²) in [5.74, 6) is 2.79. The fraction of sp³-hybridized carbons (Fsp3) is 0.500. The van der Waals surface area contributed by atoms with Crippen LogP contribution in [0.4, 0.5) is 0 Å². The Kier molecular flexibility index (Phi) is 3.30. The molecule has 2 heterocycles. The lowest BCUT2D eigenvalue weighted by Crippen LogP contribution is -2.01. The van der Waals surface area contributed by atoms with Crippen LogP contribution < -0.4 is 0 Å². The van der Waals surface area contributed by atoms with E-state index < -0.39 is 0 Å². The average molecular weight is 351 g/mol. The maximum atomic E-state index is 4.44. The van der Waals surface area contributed by atoms with Gasteiger partial charge in [0.2, 0.25) is 0 Å². The molecule has 2 aromatic rings. The van der Waals surface area contributed by atoms with Crippen molar-refractivity contribution in [3.05, 3.63) is 34.3 Å². The zero-order valence-electron chi connectivity index (χ0n) is 11.0. The molecule has 0 saturated heterocycles. The van der Waals surface area contributed by atoms with Crippen LogP contribution in [0.15, 0.2) is 28.1 Å². The molecule has 104 valence electrons. The highest BCUT2D eigenvalue weighted by Crippen LogP contribution is 2.46. The molecule has 2 saturated carbocycles. The molecule has 20 heavy (non-hydrogen) atoms. The van der Waals surface area contributed by atoms with Crippen molar-refractivity contribution in [1.29, 1.82) is 0 Å². The summed E-state index contributed by atoms with van der Waals surface area (Å²) in [4.78, 5) is 4.21. The van der Waals surface area contributed by atoms with Crippen molar-refractivity contribution < 1.29 is 0 Å². The number of rotatable bonds is 5. The highest BCUT2D eigenvalue weighted by molar-refractivity contribution is 9.10. The summed E-state index contributed by atoms with van der Waals surface area (Å²) < 4.78 is 3.42. The molecule has 0 atom stereocenters. The Labute approximate surface area is 130 Å². The molecule has 0 N–H and O–H groups in total. The Morgan fingerprint density at radius 1 is 1.20 bits per heavy atom. The smallest absolute Gasteiger partial charge is 0.191 e. The molecule has 0 bridgehead atoms. The van der Waals surface area contributed by atoms with E-state index in [0.717, 1.165) is 15.4 Å². The van der Waals surface area contributed by atoms with Crippen LogP contribution >= 0.6 is 27.7 Å². The van der Waals surface area contributed by atoms with Crippen LogP contribution in [0.3, 0.4) is 0 Å². The van der Waals surface area contributed by atoms with Gasteiger partial charge in [-0.25, -0.2) is 0 Å². The van der Waals surface area contributed by atoms with Gasteiger partial charge in [-0.15, -0.1) is 10.2 Å². The molecule has 2 aromatic heterocycles. The molecule has 0 spiro atoms. The lowest BCUT2D eigenvalue weighted by Gasteiger charge is -2.08. The molecule has 0 amide bonds. The quantitative estimate of drug-likeness (QED) is 0.766. The first-order chi connectivity index (χ1) is 9.81. The van der Waals surface area contributed by atoms with E-state index in [4.69, 9.17) is 0 Å². The van der Waals surface area contributed by atoms with E-state index in [1.165, 1.54) is 37.1 Å². The predicted octanol–water partition coefficient (Wildman–Crippen LogP) is 3.94. The van der Waals surface area contributed by atoms with Crippen LogP contribution in [0.2, 0.25) is 0 Å². The summed E-state index contributed by atoms with van der Waals surface area (Å²) >= 11 is 5.23. The fourth-order valence-corrected chi connectivity index (χ4v) is 3.71. The van der Waals surface area contributed by atoms with Crippen molar-refractivity contribution in [3.63, 3.8) is 0 Å². The predicted molar refractivity (Wildman–Crippen MR) is 81.8 cm³/mol. The average Bonchev–Trinajstić information content (AvgIpc) is 3.35. The molecule has 4 nitrogen and oxygen atoms in total. The maximum Gasteiger partial charge on any atom is 0.191 e. The first-order valence-corrected chi connectivity index (χ1v) is 8.76. The van der Waals surface area contributed by atoms with Gasteiger partial charge in [0, 0.05) is 34.6 Å². The van der Waals surface area contributed by atoms with Gasteiger partial charge in [0.15, 0.2) is 5.16 Å². The van der Waals surface area contributed by atoms with Crippen molar-refractivity contribution in [2.75, 3.05) is 0 Å². The Balaban J connectivity index is 1.53. The SMILES string of the molecule is Brc1cncc(CSc2nnc(C3CC3)n2C2CC2)c1. The molecule has 2 aliphatic rings. The highest BCUT2D eigenvalue weighted by Gasteiger charge is 2.36. The second kappa shape index (κ2) is 5.15. The van der Waals surface area contributed by atoms with Gasteiger partial charge in [0.05, 0.1) is 0 Å². The number of nitrogens with zero attached hydrogens (tertiary/aromatic N) is 4. The second-order valence-electron chi connectivity index (χ2n) is 5.52. The summed E-state index contributed by atoms with van der Waals surface area (Å²) in [5.41, 5.74) is 1.21. The Morgan fingerprint density at radius 3 is 2.75 bits per heavy atom. The monoisotopic (exact) mass is 350 g/mol. The van der Waals surface area contributed by atoms with Gasteiger partial charge < -0.3 is 4.57 Å². The van der Waals surface area contributed by atoms with Crippen LogP contribution in [0.25, 0.3) is 0 Å². The van der Waals surface area contributed by atoms with Gasteiger partial charge in [-0.2, -0.15) is 0 Å². The zero-order chi connectivity index (χ0) is 13.5. The van der Waals surface area contributed by atoms with E-state index in [-0.39, 0.29) is 0 Å². The number of hydrogen-bond donors (Lipinski definition) is 0. The molecule has 2 fully saturated rings. The van der Waals surface area contributed by atoms with Crippen molar-refractivity contribution in [1.82, 2.24) is 19.7 Å². The standard InChI is InChI=1S/C14H15BrN4S/c15-11-5-9(6-16-7-11)8-20-14-18-17-13(10-1-2-10)19(14)12-3-4-12/h5-7,10,12H,1-4,8H2. The maximum absolute atomic E-state index is 4.44. The van der Waals surface area contributed by atoms with Crippen molar-refractivity contribution in [2.24, 2.45) is 0 Å². The number of pyridine rings is 1. The molecule has 0 unspecified atom stereocenters. The summed E-state index contributed by atoms with van der Waals surface area (Å²) in [6, 6.07) is 2.77. The topological polar surface area (TPSA) is 43.6 Å². The Morgan fingerprint density at radius 2 is 2.05 bits per heavy atom. The third-order valence-electron chi connectivity index (χ3n) is 3.67. The van der Waals surface area contributed by atoms with Crippen molar-refractivity contribution in [2.45, 2.75) is 48.6 Å². The van der Waals surface area contributed by atoms with Gasteiger partial charge in [-0.3, -0.25) is 4.98 Å². The van der Waals surface area contributed by atoms with Gasteiger partial charge in [0.1, 0.15) is 5.82 Å². The van der Waals surface area contributed by atoms with Crippen molar-refractivity contribution in [3.8, 4) is 0 Å². The second-order valence-corrected chi connectivity index (χ2v) is 7.37. The molecular formula is C14H15BrN4S. The Hall–Kier alpha value is -0.880. The minimum absolute atomic E-state index is 0.656. The summed E-state index contributed by atoms with van der Waals surface area (Å²) in [7, 11) is 0. The van der Waals surface area contributed by atoms with E-state index in [2.05, 4.69) is 41.7 Å². The van der Waals surface area contributed by atoms with Crippen LogP contribution in [-0.2, 0) is 5.75 Å². The molecule has 4 rings (SSSR count). The molecule has 0 aromatic carbocycles. The van der Waals surface area contributed by atoms with E-state index in [1.54, 1.807) is 11.8 Å². The Bertz CT molecular complexity index is 634. The lowest BCUT2D eigenvalue weighted by molar-refractivity contribution is 0.627. The lowest BCUT2D eigenvalue weighted by atomic mass is 10.3. The van der Waals surface area contributed by atoms with Gasteiger partial charge in [-0.1, -0.05) is 11.8 Å². The van der Waals surface area contributed by atoms with E-state index in [0.29, 0.717) is 12.0 Å². The molecule has 6 heteroatoms. The number of hydrogen-bond acceptors (Lipinski definition) is 4. The minimum atomic E-state index is 0.656. The normalized spacial score (nSPS) is 18.4. The van der Waals surface area contributed by atoms with Gasteiger partial charge >= 0.3 is 0 Å². The van der Waals surface area contributed by atoms with Crippen molar-refractivity contribution >= 4 is 27.7 Å². The van der Waals surface area contributed by atoms with E-state index >= 15 is 0 Å². The number of halogens is 1. The van der Waals surface area contributed by atoms with Gasteiger partial charge in [0.25, 0.3) is 0 Å². The molecular weight excluding hydrogens is 336 g/mol. The summed E-state index contributed by atoms with van der Waals surface area (Å²) in [5, 5.41) is 9.93. The summed E-state index contributed by atoms with van der Waals surface area (Å²) in [6.45, 7) is 0.